The fourth-order valence-corrected chi connectivity index (χ4v) is 3.23. The number of benzene rings is 1. The minimum absolute atomic E-state index is 0.0795. The van der Waals surface area contributed by atoms with Crippen molar-refractivity contribution in [2.45, 2.75) is 6.54 Å². The molecule has 2 heterocycles. The van der Waals surface area contributed by atoms with Crippen LogP contribution in [0.4, 0.5) is 11.5 Å². The summed E-state index contributed by atoms with van der Waals surface area (Å²) in [6.07, 6.45) is 1.33. The number of anilines is 2. The Kier molecular flexibility index (Phi) is 5.40. The first-order valence-corrected chi connectivity index (χ1v) is 8.44. The minimum Gasteiger partial charge on any atom is -0.478 e. The van der Waals surface area contributed by atoms with Crippen molar-refractivity contribution >= 4 is 29.1 Å². The number of ether oxygens (including phenoxy) is 1. The van der Waals surface area contributed by atoms with Gasteiger partial charge >= 0.3 is 5.97 Å². The smallest absolute Gasteiger partial charge is 0.337 e. The average molecular weight is 362 g/mol. The fraction of sp³-hybridized carbons (Fsp3) is 0.333. The topological polar surface area (TPSA) is 65.9 Å². The number of morpholine rings is 1. The average Bonchev–Trinajstić information content (AvgIpc) is 2.62. The molecule has 0 atom stereocenters. The van der Waals surface area contributed by atoms with Crippen molar-refractivity contribution in [2.75, 3.05) is 43.2 Å². The monoisotopic (exact) mass is 361 g/mol. The van der Waals surface area contributed by atoms with Gasteiger partial charge in [0.25, 0.3) is 0 Å². The number of hydrogen-bond acceptors (Lipinski definition) is 5. The van der Waals surface area contributed by atoms with Gasteiger partial charge in [-0.15, -0.1) is 0 Å². The highest BCUT2D eigenvalue weighted by molar-refractivity contribution is 6.33. The Morgan fingerprint density at radius 2 is 2.08 bits per heavy atom. The lowest BCUT2D eigenvalue weighted by molar-refractivity contribution is 0.0696. The van der Waals surface area contributed by atoms with Crippen LogP contribution in [-0.4, -0.2) is 49.4 Å². The van der Waals surface area contributed by atoms with E-state index in [4.69, 9.17) is 21.4 Å². The SMILES string of the molecule is CN(Cc1ccccc1N1CCOCC1)c1ncc(C(=O)O)cc1Cl. The van der Waals surface area contributed by atoms with Gasteiger partial charge in [0.15, 0.2) is 0 Å². The third-order valence-corrected chi connectivity index (χ3v) is 4.46. The number of para-hydroxylation sites is 1. The first-order chi connectivity index (χ1) is 12.1. The van der Waals surface area contributed by atoms with Gasteiger partial charge in [0.1, 0.15) is 5.82 Å². The molecule has 25 heavy (non-hydrogen) atoms. The Hall–Kier alpha value is -2.31. The molecule has 1 N–H and O–H groups in total. The van der Waals surface area contributed by atoms with E-state index in [0.29, 0.717) is 17.4 Å². The maximum Gasteiger partial charge on any atom is 0.337 e. The molecule has 7 heteroatoms. The maximum absolute atomic E-state index is 11.0. The molecule has 1 aliphatic heterocycles. The highest BCUT2D eigenvalue weighted by Gasteiger charge is 2.17. The molecule has 132 valence electrons. The molecule has 0 unspecified atom stereocenters. The molecular weight excluding hydrogens is 342 g/mol. The van der Waals surface area contributed by atoms with Crippen LogP contribution in [-0.2, 0) is 11.3 Å². The lowest BCUT2D eigenvalue weighted by Gasteiger charge is -2.31. The zero-order chi connectivity index (χ0) is 17.8. The van der Waals surface area contributed by atoms with E-state index in [2.05, 4.69) is 22.0 Å². The number of pyridine rings is 1. The summed E-state index contributed by atoms with van der Waals surface area (Å²) in [4.78, 5) is 19.5. The number of aromatic nitrogens is 1. The first-order valence-electron chi connectivity index (χ1n) is 8.07. The quantitative estimate of drug-likeness (QED) is 0.883. The number of aromatic carboxylic acids is 1. The standard InChI is InChI=1S/C18H20ClN3O3/c1-21(17-15(19)10-14(11-20-17)18(23)24)12-13-4-2-3-5-16(13)22-6-8-25-9-7-22/h2-5,10-11H,6-9,12H2,1H3,(H,23,24). The molecule has 0 amide bonds. The van der Waals surface area contributed by atoms with Crippen molar-refractivity contribution in [3.05, 3.63) is 52.7 Å². The molecule has 0 spiro atoms. The summed E-state index contributed by atoms with van der Waals surface area (Å²) in [5.74, 6) is -0.482. The number of rotatable bonds is 5. The summed E-state index contributed by atoms with van der Waals surface area (Å²) in [6.45, 7) is 3.81. The number of hydrogen-bond donors (Lipinski definition) is 1. The molecule has 2 aromatic rings. The van der Waals surface area contributed by atoms with E-state index in [1.807, 2.05) is 24.1 Å². The van der Waals surface area contributed by atoms with Crippen LogP contribution in [0, 0.1) is 0 Å². The van der Waals surface area contributed by atoms with Crippen LogP contribution in [0.2, 0.25) is 5.02 Å². The van der Waals surface area contributed by atoms with Crippen molar-refractivity contribution in [1.82, 2.24) is 4.98 Å². The second kappa shape index (κ2) is 7.72. The van der Waals surface area contributed by atoms with Gasteiger partial charge in [-0.1, -0.05) is 29.8 Å². The Balaban J connectivity index is 1.81. The van der Waals surface area contributed by atoms with E-state index >= 15 is 0 Å². The molecule has 1 aromatic carbocycles. The van der Waals surface area contributed by atoms with Gasteiger partial charge in [-0.25, -0.2) is 9.78 Å². The Labute approximate surface area is 151 Å². The van der Waals surface area contributed by atoms with Gasteiger partial charge in [-0.3, -0.25) is 0 Å². The van der Waals surface area contributed by atoms with E-state index < -0.39 is 5.97 Å². The van der Waals surface area contributed by atoms with Gasteiger partial charge in [0.2, 0.25) is 0 Å². The van der Waals surface area contributed by atoms with Crippen LogP contribution in [0.1, 0.15) is 15.9 Å². The normalized spacial score (nSPS) is 14.4. The predicted octanol–water partition coefficient (Wildman–Crippen LogP) is 2.91. The van der Waals surface area contributed by atoms with Crippen molar-refractivity contribution in [3.63, 3.8) is 0 Å². The summed E-state index contributed by atoms with van der Waals surface area (Å²) in [6, 6.07) is 9.66. The van der Waals surface area contributed by atoms with Gasteiger partial charge in [0.05, 0.1) is 23.8 Å². The molecule has 1 fully saturated rings. The molecule has 0 saturated carbocycles. The summed E-state index contributed by atoms with van der Waals surface area (Å²) in [5, 5.41) is 9.35. The van der Waals surface area contributed by atoms with Crippen LogP contribution in [0.3, 0.4) is 0 Å². The molecule has 3 rings (SSSR count). The predicted molar refractivity (Wildman–Crippen MR) is 97.8 cm³/mol. The van der Waals surface area contributed by atoms with Crippen LogP contribution < -0.4 is 9.80 Å². The Bertz CT molecular complexity index is 763. The van der Waals surface area contributed by atoms with E-state index in [1.165, 1.54) is 18.0 Å². The second-order valence-corrected chi connectivity index (χ2v) is 6.33. The van der Waals surface area contributed by atoms with Crippen LogP contribution in [0.5, 0.6) is 0 Å². The third kappa shape index (κ3) is 4.03. The van der Waals surface area contributed by atoms with Gasteiger partial charge in [-0.05, 0) is 17.7 Å². The van der Waals surface area contributed by atoms with E-state index in [1.54, 1.807) is 0 Å². The van der Waals surface area contributed by atoms with Gasteiger partial charge < -0.3 is 19.6 Å². The second-order valence-electron chi connectivity index (χ2n) is 5.92. The lowest BCUT2D eigenvalue weighted by Crippen LogP contribution is -2.37. The number of carbonyl (C=O) groups is 1. The highest BCUT2D eigenvalue weighted by atomic mass is 35.5. The molecule has 1 aromatic heterocycles. The number of carboxylic acids is 1. The van der Waals surface area contributed by atoms with Crippen LogP contribution in [0.25, 0.3) is 0 Å². The molecular formula is C18H20ClN3O3. The minimum atomic E-state index is -1.04. The number of carboxylic acid groups (broad SMARTS) is 1. The molecule has 0 radical (unpaired) electrons. The summed E-state index contributed by atoms with van der Waals surface area (Å²) in [7, 11) is 1.89. The molecule has 0 bridgehead atoms. The summed E-state index contributed by atoms with van der Waals surface area (Å²) in [5.41, 5.74) is 2.42. The van der Waals surface area contributed by atoms with Crippen molar-refractivity contribution in [2.24, 2.45) is 0 Å². The summed E-state index contributed by atoms with van der Waals surface area (Å²) >= 11 is 6.23. The molecule has 0 aliphatic carbocycles. The maximum atomic E-state index is 11.0. The van der Waals surface area contributed by atoms with Gasteiger partial charge in [0, 0.05) is 38.6 Å². The Morgan fingerprint density at radius 3 is 2.76 bits per heavy atom. The van der Waals surface area contributed by atoms with Crippen molar-refractivity contribution < 1.29 is 14.6 Å². The third-order valence-electron chi connectivity index (χ3n) is 4.18. The fourth-order valence-electron chi connectivity index (χ4n) is 2.92. The van der Waals surface area contributed by atoms with E-state index in [-0.39, 0.29) is 5.56 Å². The molecule has 1 aliphatic rings. The van der Waals surface area contributed by atoms with Crippen LogP contribution in [0.15, 0.2) is 36.5 Å². The lowest BCUT2D eigenvalue weighted by atomic mass is 10.1. The highest BCUT2D eigenvalue weighted by Crippen LogP contribution is 2.28. The van der Waals surface area contributed by atoms with E-state index in [9.17, 15) is 4.79 Å². The zero-order valence-electron chi connectivity index (χ0n) is 14.0. The molecule has 1 saturated heterocycles. The molecule has 6 nitrogen and oxygen atoms in total. The van der Waals surface area contributed by atoms with Crippen LogP contribution >= 0.6 is 11.6 Å². The number of halogens is 1. The zero-order valence-corrected chi connectivity index (χ0v) is 14.7. The first kappa shape index (κ1) is 17.5. The van der Waals surface area contributed by atoms with Crippen molar-refractivity contribution in [1.29, 1.82) is 0 Å². The Morgan fingerprint density at radius 1 is 1.36 bits per heavy atom. The summed E-state index contributed by atoms with van der Waals surface area (Å²) < 4.78 is 5.43. The largest absolute Gasteiger partial charge is 0.478 e. The number of nitrogens with zero attached hydrogens (tertiary/aromatic N) is 3. The van der Waals surface area contributed by atoms with E-state index in [0.717, 1.165) is 31.9 Å². The van der Waals surface area contributed by atoms with Gasteiger partial charge in [-0.2, -0.15) is 0 Å². The van der Waals surface area contributed by atoms with Crippen molar-refractivity contribution in [3.8, 4) is 0 Å².